The number of rotatable bonds is 3. The summed E-state index contributed by atoms with van der Waals surface area (Å²) in [6.07, 6.45) is 0.544. The van der Waals surface area contributed by atoms with Crippen LogP contribution in [0.5, 0.6) is 0 Å². The van der Waals surface area contributed by atoms with Gasteiger partial charge < -0.3 is 9.64 Å². The van der Waals surface area contributed by atoms with E-state index in [-0.39, 0.29) is 17.8 Å². The zero-order valence-electron chi connectivity index (χ0n) is 17.3. The van der Waals surface area contributed by atoms with Gasteiger partial charge in [0.2, 0.25) is 5.91 Å². The van der Waals surface area contributed by atoms with Gasteiger partial charge in [-0.25, -0.2) is 14.4 Å². The first-order valence-corrected chi connectivity index (χ1v) is 10.5. The van der Waals surface area contributed by atoms with Gasteiger partial charge in [0.05, 0.1) is 30.5 Å². The van der Waals surface area contributed by atoms with Gasteiger partial charge >= 0.3 is 0 Å². The number of hydrogen-bond acceptors (Lipinski definition) is 5. The van der Waals surface area contributed by atoms with Crippen LogP contribution in [0.1, 0.15) is 30.5 Å². The molecule has 1 amide bonds. The van der Waals surface area contributed by atoms with Crippen molar-refractivity contribution in [2.24, 2.45) is 5.10 Å². The van der Waals surface area contributed by atoms with Gasteiger partial charge in [-0.05, 0) is 29.8 Å². The molecule has 1 fully saturated rings. The first-order chi connectivity index (χ1) is 15.1. The first-order valence-electron chi connectivity index (χ1n) is 10.5. The number of amides is 1. The molecular weight excluding hydrogens is 395 g/mol. The second-order valence-electron chi connectivity index (χ2n) is 7.83. The van der Waals surface area contributed by atoms with E-state index in [4.69, 9.17) is 9.72 Å². The highest BCUT2D eigenvalue weighted by molar-refractivity contribution is 6.03. The van der Waals surface area contributed by atoms with Crippen molar-refractivity contribution in [2.45, 2.75) is 19.4 Å². The fraction of sp³-hybridized carbons (Fsp3) is 0.292. The molecule has 0 saturated carbocycles. The van der Waals surface area contributed by atoms with Gasteiger partial charge in [0.25, 0.3) is 0 Å². The van der Waals surface area contributed by atoms with E-state index < -0.39 is 0 Å². The Kier molecular flexibility index (Phi) is 5.11. The van der Waals surface area contributed by atoms with Gasteiger partial charge in [-0.1, -0.05) is 30.3 Å². The lowest BCUT2D eigenvalue weighted by atomic mass is 9.97. The minimum Gasteiger partial charge on any atom is -0.378 e. The summed E-state index contributed by atoms with van der Waals surface area (Å²) in [6, 6.07) is 16.1. The fourth-order valence-corrected chi connectivity index (χ4v) is 4.26. The molecule has 2 aliphatic rings. The lowest BCUT2D eigenvalue weighted by molar-refractivity contribution is -0.130. The van der Waals surface area contributed by atoms with Crippen LogP contribution >= 0.6 is 0 Å². The number of nitrogens with zero attached hydrogens (tertiary/aromatic N) is 4. The number of para-hydroxylation sites is 1. The van der Waals surface area contributed by atoms with Crippen LogP contribution in [0, 0.1) is 5.82 Å². The lowest BCUT2D eigenvalue weighted by Crippen LogP contribution is -2.38. The highest BCUT2D eigenvalue weighted by Gasteiger charge is 2.35. The molecular formula is C24H23FN4O2. The lowest BCUT2D eigenvalue weighted by Gasteiger charge is -2.32. The number of carbonyl (C=O) groups excluding carboxylic acids is 1. The molecule has 2 aliphatic heterocycles. The van der Waals surface area contributed by atoms with Crippen LogP contribution in [0.4, 0.5) is 10.2 Å². The molecule has 1 aromatic heterocycles. The maximum atomic E-state index is 13.4. The van der Waals surface area contributed by atoms with Crippen molar-refractivity contribution in [3.63, 3.8) is 0 Å². The molecule has 1 saturated heterocycles. The average molecular weight is 418 g/mol. The highest BCUT2D eigenvalue weighted by atomic mass is 19.1. The smallest absolute Gasteiger partial charge is 0.240 e. The number of hydrazone groups is 1. The molecule has 3 heterocycles. The van der Waals surface area contributed by atoms with E-state index in [1.165, 1.54) is 24.1 Å². The second kappa shape index (κ2) is 8.07. The SMILES string of the molecule is CC(=O)N1N=C(c2ccc(F)cc2)CC1c1cc2ccccc2nc1N1CCOCC1. The number of anilines is 1. The Labute approximate surface area is 179 Å². The second-order valence-corrected chi connectivity index (χ2v) is 7.83. The predicted octanol–water partition coefficient (Wildman–Crippen LogP) is 3.91. The van der Waals surface area contributed by atoms with Crippen molar-refractivity contribution in [3.8, 4) is 0 Å². The minimum atomic E-state index is -0.296. The molecule has 5 rings (SSSR count). The summed E-state index contributed by atoms with van der Waals surface area (Å²) >= 11 is 0. The normalized spacial score (nSPS) is 19.0. The van der Waals surface area contributed by atoms with Crippen LogP contribution in [0.15, 0.2) is 59.7 Å². The van der Waals surface area contributed by atoms with Crippen molar-refractivity contribution in [3.05, 3.63) is 71.5 Å². The number of ether oxygens (including phenoxy) is 1. The molecule has 6 nitrogen and oxygen atoms in total. The highest BCUT2D eigenvalue weighted by Crippen LogP contribution is 2.38. The number of benzene rings is 2. The van der Waals surface area contributed by atoms with Crippen LogP contribution in [0.2, 0.25) is 0 Å². The van der Waals surface area contributed by atoms with E-state index in [0.29, 0.717) is 19.6 Å². The monoisotopic (exact) mass is 418 g/mol. The summed E-state index contributed by atoms with van der Waals surface area (Å²) in [6.45, 7) is 4.30. The number of pyridine rings is 1. The van der Waals surface area contributed by atoms with E-state index in [2.05, 4.69) is 16.1 Å². The zero-order valence-corrected chi connectivity index (χ0v) is 17.3. The summed E-state index contributed by atoms with van der Waals surface area (Å²) < 4.78 is 18.9. The summed E-state index contributed by atoms with van der Waals surface area (Å²) in [5.41, 5.74) is 3.47. The fourth-order valence-electron chi connectivity index (χ4n) is 4.26. The van der Waals surface area contributed by atoms with Gasteiger partial charge in [-0.3, -0.25) is 4.79 Å². The van der Waals surface area contributed by atoms with E-state index in [0.717, 1.165) is 46.6 Å². The largest absolute Gasteiger partial charge is 0.378 e. The van der Waals surface area contributed by atoms with Crippen molar-refractivity contribution in [1.82, 2.24) is 9.99 Å². The summed E-state index contributed by atoms with van der Waals surface area (Å²) in [5.74, 6) is 0.438. The molecule has 2 aromatic carbocycles. The maximum absolute atomic E-state index is 13.4. The number of morpholine rings is 1. The Bertz CT molecular complexity index is 1160. The molecule has 1 atom stereocenters. The minimum absolute atomic E-state index is 0.136. The number of aromatic nitrogens is 1. The van der Waals surface area contributed by atoms with Crippen LogP contribution in [0.25, 0.3) is 10.9 Å². The number of hydrogen-bond donors (Lipinski definition) is 0. The maximum Gasteiger partial charge on any atom is 0.240 e. The van der Waals surface area contributed by atoms with Crippen LogP contribution in [0.3, 0.4) is 0 Å². The summed E-state index contributed by atoms with van der Waals surface area (Å²) in [4.78, 5) is 19.7. The molecule has 0 radical (unpaired) electrons. The van der Waals surface area contributed by atoms with Crippen molar-refractivity contribution in [1.29, 1.82) is 0 Å². The quantitative estimate of drug-likeness (QED) is 0.647. The van der Waals surface area contributed by atoms with E-state index in [1.807, 2.05) is 24.3 Å². The molecule has 1 unspecified atom stereocenters. The number of carbonyl (C=O) groups is 1. The first kappa shape index (κ1) is 19.6. The number of halogens is 1. The Morgan fingerprint density at radius 2 is 1.84 bits per heavy atom. The van der Waals surface area contributed by atoms with E-state index in [1.54, 1.807) is 12.1 Å². The van der Waals surface area contributed by atoms with Crippen molar-refractivity contribution < 1.29 is 13.9 Å². The molecule has 3 aromatic rings. The Morgan fingerprint density at radius 3 is 2.58 bits per heavy atom. The topological polar surface area (TPSA) is 58.0 Å². The van der Waals surface area contributed by atoms with Gasteiger partial charge in [-0.2, -0.15) is 5.10 Å². The molecule has 7 heteroatoms. The van der Waals surface area contributed by atoms with Gasteiger partial charge in [-0.15, -0.1) is 0 Å². The van der Waals surface area contributed by atoms with E-state index >= 15 is 0 Å². The molecule has 0 spiro atoms. The van der Waals surface area contributed by atoms with Gasteiger partial charge in [0, 0.05) is 37.4 Å². The van der Waals surface area contributed by atoms with Gasteiger partial charge in [0.1, 0.15) is 11.6 Å². The standard InChI is InChI=1S/C24H23FN4O2/c1-16(30)29-23(15-22(27-29)17-6-8-19(25)9-7-17)20-14-18-4-2-3-5-21(18)26-24(20)28-10-12-31-13-11-28/h2-9,14,23H,10-13,15H2,1H3. The Balaban J connectivity index is 1.59. The van der Waals surface area contributed by atoms with Crippen molar-refractivity contribution >= 4 is 28.3 Å². The molecule has 158 valence electrons. The van der Waals surface area contributed by atoms with Crippen LogP contribution in [-0.4, -0.2) is 47.9 Å². The summed E-state index contributed by atoms with van der Waals surface area (Å²) in [5, 5.41) is 7.18. The average Bonchev–Trinajstić information content (AvgIpc) is 3.25. The van der Waals surface area contributed by atoms with Gasteiger partial charge in [0.15, 0.2) is 0 Å². The third-order valence-electron chi connectivity index (χ3n) is 5.81. The third-order valence-corrected chi connectivity index (χ3v) is 5.81. The predicted molar refractivity (Wildman–Crippen MR) is 118 cm³/mol. The van der Waals surface area contributed by atoms with Crippen LogP contribution < -0.4 is 4.90 Å². The molecule has 0 N–H and O–H groups in total. The molecule has 0 bridgehead atoms. The molecule has 31 heavy (non-hydrogen) atoms. The number of fused-ring (bicyclic) bond motifs is 1. The van der Waals surface area contributed by atoms with Crippen molar-refractivity contribution in [2.75, 3.05) is 31.2 Å². The molecule has 0 aliphatic carbocycles. The Hall–Kier alpha value is -3.32. The Morgan fingerprint density at radius 1 is 1.10 bits per heavy atom. The van der Waals surface area contributed by atoms with Crippen LogP contribution in [-0.2, 0) is 9.53 Å². The summed E-state index contributed by atoms with van der Waals surface area (Å²) in [7, 11) is 0. The van der Waals surface area contributed by atoms with E-state index in [9.17, 15) is 9.18 Å². The zero-order chi connectivity index (χ0) is 21.4. The third kappa shape index (κ3) is 3.77.